The molecule has 3 rings (SSSR count). The second-order valence-electron chi connectivity index (χ2n) is 8.77. The largest absolute Gasteiger partial charge is 0.347 e. The number of nitrogens with one attached hydrogen (secondary N) is 2. The molecule has 1 aromatic carbocycles. The second kappa shape index (κ2) is 7.78. The van der Waals surface area contributed by atoms with Crippen LogP contribution in [0.3, 0.4) is 0 Å². The fraction of sp³-hybridized carbons (Fsp3) is 0.550. The number of amides is 3. The van der Waals surface area contributed by atoms with Gasteiger partial charge in [-0.1, -0.05) is 0 Å². The maximum Gasteiger partial charge on any atom is 0.251 e. The Morgan fingerprint density at radius 3 is 2.34 bits per heavy atom. The highest BCUT2D eigenvalue weighted by atomic mass is 32.2. The third kappa shape index (κ3) is 5.35. The molecule has 2 saturated heterocycles. The topological polar surface area (TPSA) is 113 Å². The average Bonchev–Trinajstić information content (AvgIpc) is 3.16. The van der Waals surface area contributed by atoms with Crippen LogP contribution in [0.1, 0.15) is 44.0 Å². The molecule has 2 N–H and O–H groups in total. The molecule has 158 valence electrons. The zero-order valence-electron chi connectivity index (χ0n) is 16.9. The van der Waals surface area contributed by atoms with Gasteiger partial charge in [-0.15, -0.1) is 0 Å². The van der Waals surface area contributed by atoms with Crippen molar-refractivity contribution in [2.75, 3.05) is 23.4 Å². The second-order valence-corrected chi connectivity index (χ2v) is 11.0. The third-order valence-electron chi connectivity index (χ3n) is 5.08. The minimum atomic E-state index is -3.09. The SMILES string of the molecule is CC(C)(C)NC(=O)c1ccc(NC(=O)[C@@H]2CC(=O)N([C@H]3CCS(=O)(=O)C3)C2)cc1. The Kier molecular flexibility index (Phi) is 5.71. The fourth-order valence-corrected chi connectivity index (χ4v) is 5.37. The Balaban J connectivity index is 1.58. The lowest BCUT2D eigenvalue weighted by Gasteiger charge is -2.23. The summed E-state index contributed by atoms with van der Waals surface area (Å²) in [6.45, 7) is 5.92. The number of sulfone groups is 1. The summed E-state index contributed by atoms with van der Waals surface area (Å²) in [5, 5.41) is 5.65. The van der Waals surface area contributed by atoms with Crippen molar-refractivity contribution in [1.82, 2.24) is 10.2 Å². The van der Waals surface area contributed by atoms with Gasteiger partial charge in [-0.2, -0.15) is 0 Å². The van der Waals surface area contributed by atoms with Gasteiger partial charge in [0.05, 0.1) is 17.4 Å². The number of likely N-dealkylation sites (tertiary alicyclic amines) is 1. The van der Waals surface area contributed by atoms with Crippen molar-refractivity contribution < 1.29 is 22.8 Å². The van der Waals surface area contributed by atoms with Crippen LogP contribution in [0.4, 0.5) is 5.69 Å². The number of carbonyl (C=O) groups is 3. The van der Waals surface area contributed by atoms with E-state index >= 15 is 0 Å². The Bertz CT molecular complexity index is 918. The molecule has 29 heavy (non-hydrogen) atoms. The predicted molar refractivity (Wildman–Crippen MR) is 109 cm³/mol. The van der Waals surface area contributed by atoms with Crippen molar-refractivity contribution in [3.8, 4) is 0 Å². The van der Waals surface area contributed by atoms with E-state index in [4.69, 9.17) is 0 Å². The summed E-state index contributed by atoms with van der Waals surface area (Å²) in [6, 6.07) is 6.23. The first kappa shape index (κ1) is 21.3. The molecule has 0 bridgehead atoms. The van der Waals surface area contributed by atoms with Crippen molar-refractivity contribution in [3.63, 3.8) is 0 Å². The molecule has 2 fully saturated rings. The molecule has 3 amide bonds. The number of hydrogen-bond donors (Lipinski definition) is 2. The molecule has 0 spiro atoms. The van der Waals surface area contributed by atoms with Gasteiger partial charge in [0.2, 0.25) is 11.8 Å². The van der Waals surface area contributed by atoms with Crippen molar-refractivity contribution in [2.45, 2.75) is 45.2 Å². The number of rotatable bonds is 4. The van der Waals surface area contributed by atoms with Crippen LogP contribution in [0.15, 0.2) is 24.3 Å². The Morgan fingerprint density at radius 1 is 1.14 bits per heavy atom. The first-order chi connectivity index (χ1) is 13.4. The first-order valence-electron chi connectivity index (χ1n) is 9.67. The quantitative estimate of drug-likeness (QED) is 0.758. The highest BCUT2D eigenvalue weighted by molar-refractivity contribution is 7.91. The number of anilines is 1. The van der Waals surface area contributed by atoms with E-state index in [1.54, 1.807) is 24.3 Å². The predicted octanol–water partition coefficient (Wildman–Crippen LogP) is 1.19. The van der Waals surface area contributed by atoms with E-state index in [0.29, 0.717) is 17.7 Å². The van der Waals surface area contributed by atoms with E-state index in [1.165, 1.54) is 4.90 Å². The van der Waals surface area contributed by atoms with Gasteiger partial charge in [0, 0.05) is 35.8 Å². The number of nitrogens with zero attached hydrogens (tertiary/aromatic N) is 1. The summed E-state index contributed by atoms with van der Waals surface area (Å²) in [7, 11) is -3.09. The first-order valence-corrected chi connectivity index (χ1v) is 11.5. The van der Waals surface area contributed by atoms with Gasteiger partial charge >= 0.3 is 0 Å². The van der Waals surface area contributed by atoms with Gasteiger partial charge in [0.25, 0.3) is 5.91 Å². The monoisotopic (exact) mass is 421 g/mol. The molecule has 0 aliphatic carbocycles. The van der Waals surface area contributed by atoms with E-state index in [2.05, 4.69) is 10.6 Å². The van der Waals surface area contributed by atoms with Gasteiger partial charge in [-0.3, -0.25) is 14.4 Å². The van der Waals surface area contributed by atoms with E-state index in [1.807, 2.05) is 20.8 Å². The zero-order chi connectivity index (χ0) is 21.4. The highest BCUT2D eigenvalue weighted by Crippen LogP contribution is 2.27. The molecule has 0 radical (unpaired) electrons. The van der Waals surface area contributed by atoms with E-state index in [0.717, 1.165) is 0 Å². The lowest BCUT2D eigenvalue weighted by molar-refractivity contribution is -0.129. The summed E-state index contributed by atoms with van der Waals surface area (Å²) in [6.07, 6.45) is 0.509. The average molecular weight is 422 g/mol. The Labute approximate surface area is 170 Å². The zero-order valence-corrected chi connectivity index (χ0v) is 17.7. The standard InChI is InChI=1S/C20H27N3O5S/c1-20(2,3)22-19(26)13-4-6-15(7-5-13)21-18(25)14-10-17(24)23(11-14)16-8-9-29(27,28)12-16/h4-7,14,16H,8-12H2,1-3H3,(H,21,25)(H,22,26)/t14-,16+/m1/s1. The summed E-state index contributed by atoms with van der Waals surface area (Å²) >= 11 is 0. The smallest absolute Gasteiger partial charge is 0.251 e. The van der Waals surface area contributed by atoms with E-state index in [-0.39, 0.29) is 53.8 Å². The molecule has 0 aromatic heterocycles. The van der Waals surface area contributed by atoms with Crippen molar-refractivity contribution in [3.05, 3.63) is 29.8 Å². The molecule has 2 aliphatic heterocycles. The van der Waals surface area contributed by atoms with E-state index in [9.17, 15) is 22.8 Å². The highest BCUT2D eigenvalue weighted by Gasteiger charge is 2.41. The summed E-state index contributed by atoms with van der Waals surface area (Å²) in [4.78, 5) is 38.5. The van der Waals surface area contributed by atoms with Crippen LogP contribution in [0.5, 0.6) is 0 Å². The minimum Gasteiger partial charge on any atom is -0.347 e. The van der Waals surface area contributed by atoms with Crippen molar-refractivity contribution in [1.29, 1.82) is 0 Å². The maximum atomic E-state index is 12.6. The molecule has 1 aromatic rings. The van der Waals surface area contributed by atoms with Crippen LogP contribution >= 0.6 is 0 Å². The molecule has 2 heterocycles. The normalized spacial score (nSPS) is 23.8. The molecule has 9 heteroatoms. The maximum absolute atomic E-state index is 12.6. The van der Waals surface area contributed by atoms with Gasteiger partial charge in [0.1, 0.15) is 0 Å². The molecule has 2 aliphatic rings. The summed E-state index contributed by atoms with van der Waals surface area (Å²) in [5.74, 6) is -1.11. The Morgan fingerprint density at radius 2 is 1.79 bits per heavy atom. The van der Waals surface area contributed by atoms with Gasteiger partial charge in [0.15, 0.2) is 9.84 Å². The third-order valence-corrected chi connectivity index (χ3v) is 6.83. The summed E-state index contributed by atoms with van der Waals surface area (Å²) in [5.41, 5.74) is 0.683. The molecular weight excluding hydrogens is 394 g/mol. The Hall–Kier alpha value is -2.42. The lowest BCUT2D eigenvalue weighted by atomic mass is 10.1. The molecule has 2 atom stereocenters. The fourth-order valence-electron chi connectivity index (χ4n) is 3.64. The van der Waals surface area contributed by atoms with Crippen LogP contribution in [-0.2, 0) is 19.4 Å². The van der Waals surface area contributed by atoms with Crippen molar-refractivity contribution in [2.24, 2.45) is 5.92 Å². The number of benzene rings is 1. The van der Waals surface area contributed by atoms with Gasteiger partial charge in [-0.05, 0) is 51.5 Å². The van der Waals surface area contributed by atoms with Gasteiger partial charge in [-0.25, -0.2) is 8.42 Å². The van der Waals surface area contributed by atoms with Crippen molar-refractivity contribution >= 4 is 33.2 Å². The van der Waals surface area contributed by atoms with Crippen LogP contribution in [0.25, 0.3) is 0 Å². The van der Waals surface area contributed by atoms with Crippen LogP contribution in [0.2, 0.25) is 0 Å². The van der Waals surface area contributed by atoms with Crippen LogP contribution in [0, 0.1) is 5.92 Å². The van der Waals surface area contributed by atoms with Gasteiger partial charge < -0.3 is 15.5 Å². The number of hydrogen-bond acceptors (Lipinski definition) is 5. The van der Waals surface area contributed by atoms with Crippen LogP contribution < -0.4 is 10.6 Å². The summed E-state index contributed by atoms with van der Waals surface area (Å²) < 4.78 is 23.3. The number of carbonyl (C=O) groups excluding carboxylic acids is 3. The lowest BCUT2D eigenvalue weighted by Crippen LogP contribution is -2.40. The van der Waals surface area contributed by atoms with Crippen LogP contribution in [-0.4, -0.2) is 60.7 Å². The molecule has 0 saturated carbocycles. The minimum absolute atomic E-state index is 0.0226. The molecule has 0 unspecified atom stereocenters. The molecule has 8 nitrogen and oxygen atoms in total. The molecular formula is C20H27N3O5S. The van der Waals surface area contributed by atoms with E-state index < -0.39 is 15.8 Å².